The van der Waals surface area contributed by atoms with E-state index in [4.69, 9.17) is 5.73 Å². The lowest BCUT2D eigenvalue weighted by molar-refractivity contribution is -0.121. The monoisotopic (exact) mass is 213 g/mol. The Morgan fingerprint density at radius 1 is 1.57 bits per heavy atom. The van der Waals surface area contributed by atoms with E-state index in [0.717, 1.165) is 10.7 Å². The van der Waals surface area contributed by atoms with Crippen molar-refractivity contribution in [3.63, 3.8) is 0 Å². The molecule has 1 rings (SSSR count). The number of hydrogen-bond donors (Lipinski definition) is 2. The van der Waals surface area contributed by atoms with E-state index in [-0.39, 0.29) is 5.91 Å². The molecule has 5 heteroatoms. The van der Waals surface area contributed by atoms with Crippen LogP contribution in [0.15, 0.2) is 0 Å². The summed E-state index contributed by atoms with van der Waals surface area (Å²) in [5, 5.41) is 3.72. The third-order valence-electron chi connectivity index (χ3n) is 1.88. The summed E-state index contributed by atoms with van der Waals surface area (Å²) < 4.78 is 0. The number of carbonyl (C=O) groups is 1. The summed E-state index contributed by atoms with van der Waals surface area (Å²) >= 11 is 1.62. The Morgan fingerprint density at radius 3 is 2.79 bits per heavy atom. The van der Waals surface area contributed by atoms with Gasteiger partial charge in [0.25, 0.3) is 0 Å². The number of hydrogen-bond acceptors (Lipinski definition) is 4. The second-order valence-corrected chi connectivity index (χ2v) is 4.35. The summed E-state index contributed by atoms with van der Waals surface area (Å²) in [5.74, 6) is -0.0157. The number of aryl methyl sites for hydroxylation is 2. The molecule has 0 saturated heterocycles. The first-order valence-electron chi connectivity index (χ1n) is 4.53. The molecular weight excluding hydrogens is 198 g/mol. The molecule has 1 aromatic rings. The molecule has 0 aliphatic carbocycles. The van der Waals surface area contributed by atoms with Gasteiger partial charge in [-0.1, -0.05) is 0 Å². The van der Waals surface area contributed by atoms with Gasteiger partial charge in [-0.25, -0.2) is 4.98 Å². The number of aromatic nitrogens is 1. The number of rotatable bonds is 4. The Morgan fingerprint density at radius 2 is 2.29 bits per heavy atom. The molecule has 0 spiro atoms. The van der Waals surface area contributed by atoms with Crippen LogP contribution >= 0.6 is 11.3 Å². The second kappa shape index (κ2) is 5.07. The molecule has 4 nitrogen and oxygen atoms in total. The molecule has 14 heavy (non-hydrogen) atoms. The summed E-state index contributed by atoms with van der Waals surface area (Å²) in [4.78, 5) is 16.6. The number of nitrogens with two attached hydrogens (primary N) is 1. The van der Waals surface area contributed by atoms with E-state index in [9.17, 15) is 4.79 Å². The fraction of sp³-hybridized carbons (Fsp3) is 0.556. The zero-order valence-corrected chi connectivity index (χ0v) is 9.28. The number of nitrogens with zero attached hydrogens (tertiary/aromatic N) is 1. The average Bonchev–Trinajstić information content (AvgIpc) is 2.44. The maximum absolute atomic E-state index is 11.1. The minimum atomic E-state index is -0.0157. The van der Waals surface area contributed by atoms with Crippen molar-refractivity contribution in [2.75, 3.05) is 6.54 Å². The summed E-state index contributed by atoms with van der Waals surface area (Å²) in [6.07, 6.45) is 0.378. The van der Waals surface area contributed by atoms with E-state index < -0.39 is 0 Å². The minimum absolute atomic E-state index is 0.0157. The fourth-order valence-corrected chi connectivity index (χ4v) is 1.88. The summed E-state index contributed by atoms with van der Waals surface area (Å²) in [6.45, 7) is 4.90. The molecule has 0 aromatic carbocycles. The van der Waals surface area contributed by atoms with Crippen molar-refractivity contribution in [2.24, 2.45) is 5.73 Å². The molecule has 0 radical (unpaired) electrons. The largest absolute Gasteiger partial charge is 0.350 e. The third-order valence-corrected chi connectivity index (χ3v) is 2.95. The van der Waals surface area contributed by atoms with Gasteiger partial charge in [-0.05, 0) is 13.8 Å². The highest BCUT2D eigenvalue weighted by Crippen LogP contribution is 2.15. The smallest absolute Gasteiger partial charge is 0.221 e. The van der Waals surface area contributed by atoms with Crippen LogP contribution in [0.1, 0.15) is 22.0 Å². The topological polar surface area (TPSA) is 68.0 Å². The summed E-state index contributed by atoms with van der Waals surface area (Å²) in [5.41, 5.74) is 6.29. The molecule has 78 valence electrons. The zero-order chi connectivity index (χ0) is 10.6. The standard InChI is InChI=1S/C9H15N3OS/c1-6-7(2)14-9(12-6)5-11-8(13)3-4-10/h3-5,10H2,1-2H3,(H,11,13). The van der Waals surface area contributed by atoms with Crippen molar-refractivity contribution in [3.8, 4) is 0 Å². The quantitative estimate of drug-likeness (QED) is 0.774. The molecule has 1 aromatic heterocycles. The molecular formula is C9H15N3OS. The predicted molar refractivity (Wildman–Crippen MR) is 57.1 cm³/mol. The van der Waals surface area contributed by atoms with Crippen molar-refractivity contribution in [2.45, 2.75) is 26.8 Å². The highest BCUT2D eigenvalue weighted by atomic mass is 32.1. The fourth-order valence-electron chi connectivity index (χ4n) is 1.01. The van der Waals surface area contributed by atoms with E-state index in [1.165, 1.54) is 4.88 Å². The van der Waals surface area contributed by atoms with E-state index in [0.29, 0.717) is 19.5 Å². The van der Waals surface area contributed by atoms with Crippen molar-refractivity contribution in [3.05, 3.63) is 15.6 Å². The van der Waals surface area contributed by atoms with Crippen LogP contribution in [-0.4, -0.2) is 17.4 Å². The average molecular weight is 213 g/mol. The Kier molecular flexibility index (Phi) is 4.03. The first-order chi connectivity index (χ1) is 6.63. The number of amides is 1. The van der Waals surface area contributed by atoms with Gasteiger partial charge < -0.3 is 11.1 Å². The van der Waals surface area contributed by atoms with Gasteiger partial charge in [0, 0.05) is 17.8 Å². The van der Waals surface area contributed by atoms with Gasteiger partial charge in [-0.15, -0.1) is 11.3 Å². The van der Waals surface area contributed by atoms with E-state index >= 15 is 0 Å². The molecule has 0 unspecified atom stereocenters. The van der Waals surface area contributed by atoms with Crippen LogP contribution in [0.2, 0.25) is 0 Å². The highest BCUT2D eigenvalue weighted by Gasteiger charge is 2.04. The molecule has 0 bridgehead atoms. The second-order valence-electron chi connectivity index (χ2n) is 3.06. The van der Waals surface area contributed by atoms with Gasteiger partial charge in [0.05, 0.1) is 12.2 Å². The minimum Gasteiger partial charge on any atom is -0.350 e. The lowest BCUT2D eigenvalue weighted by Crippen LogP contribution is -2.24. The van der Waals surface area contributed by atoms with Crippen LogP contribution in [-0.2, 0) is 11.3 Å². The first-order valence-corrected chi connectivity index (χ1v) is 5.34. The van der Waals surface area contributed by atoms with Crippen LogP contribution < -0.4 is 11.1 Å². The Labute approximate surface area is 87.5 Å². The van der Waals surface area contributed by atoms with Gasteiger partial charge in [0.15, 0.2) is 0 Å². The number of nitrogens with one attached hydrogen (secondary N) is 1. The maximum atomic E-state index is 11.1. The summed E-state index contributed by atoms with van der Waals surface area (Å²) in [6, 6.07) is 0. The molecule has 1 heterocycles. The zero-order valence-electron chi connectivity index (χ0n) is 8.46. The number of carbonyl (C=O) groups excluding carboxylic acids is 1. The van der Waals surface area contributed by atoms with Crippen LogP contribution in [0, 0.1) is 13.8 Å². The molecule has 3 N–H and O–H groups in total. The molecule has 1 amide bonds. The maximum Gasteiger partial charge on any atom is 0.221 e. The van der Waals surface area contributed by atoms with Crippen LogP contribution in [0.25, 0.3) is 0 Å². The molecule has 0 fully saturated rings. The van der Waals surface area contributed by atoms with Crippen molar-refractivity contribution in [1.82, 2.24) is 10.3 Å². The lowest BCUT2D eigenvalue weighted by atomic mass is 10.4. The molecule has 0 atom stereocenters. The van der Waals surface area contributed by atoms with Crippen molar-refractivity contribution < 1.29 is 4.79 Å². The van der Waals surface area contributed by atoms with Gasteiger partial charge in [0.2, 0.25) is 5.91 Å². The SMILES string of the molecule is Cc1nc(CNC(=O)CCN)sc1C. The Balaban J connectivity index is 2.42. The van der Waals surface area contributed by atoms with E-state index in [1.807, 2.05) is 13.8 Å². The Bertz CT molecular complexity index is 302. The Hall–Kier alpha value is -0.940. The van der Waals surface area contributed by atoms with Crippen LogP contribution in [0.3, 0.4) is 0 Å². The van der Waals surface area contributed by atoms with Gasteiger partial charge in [-0.3, -0.25) is 4.79 Å². The van der Waals surface area contributed by atoms with Crippen LogP contribution in [0.4, 0.5) is 0 Å². The number of thiazole rings is 1. The molecule has 0 saturated carbocycles. The van der Waals surface area contributed by atoms with E-state index in [1.54, 1.807) is 11.3 Å². The van der Waals surface area contributed by atoms with E-state index in [2.05, 4.69) is 10.3 Å². The third kappa shape index (κ3) is 3.08. The normalized spacial score (nSPS) is 10.2. The van der Waals surface area contributed by atoms with Crippen molar-refractivity contribution >= 4 is 17.2 Å². The lowest BCUT2D eigenvalue weighted by Gasteiger charge is -2.00. The van der Waals surface area contributed by atoms with Crippen LogP contribution in [0.5, 0.6) is 0 Å². The van der Waals surface area contributed by atoms with Gasteiger partial charge in [0.1, 0.15) is 5.01 Å². The molecule has 0 aliphatic heterocycles. The van der Waals surface area contributed by atoms with Crippen molar-refractivity contribution in [1.29, 1.82) is 0 Å². The molecule has 0 aliphatic rings. The first kappa shape index (κ1) is 11.1. The van der Waals surface area contributed by atoms with Gasteiger partial charge in [-0.2, -0.15) is 0 Å². The predicted octanol–water partition coefficient (Wildman–Crippen LogP) is 0.725. The summed E-state index contributed by atoms with van der Waals surface area (Å²) in [7, 11) is 0. The van der Waals surface area contributed by atoms with Gasteiger partial charge >= 0.3 is 0 Å². The highest BCUT2D eigenvalue weighted by molar-refractivity contribution is 7.11.